The number of fused-ring (bicyclic) bond motifs is 1. The zero-order valence-corrected chi connectivity index (χ0v) is 19.3. The molecule has 1 amide bonds. The Kier molecular flexibility index (Phi) is 6.06. The van der Waals surface area contributed by atoms with Gasteiger partial charge in [0.2, 0.25) is 0 Å². The first-order valence-electron chi connectivity index (χ1n) is 9.88. The van der Waals surface area contributed by atoms with Crippen molar-refractivity contribution < 1.29 is 14.6 Å². The first-order valence-corrected chi connectivity index (χ1v) is 11.1. The lowest BCUT2D eigenvalue weighted by Crippen LogP contribution is -2.12. The first-order chi connectivity index (χ1) is 15.3. The van der Waals surface area contributed by atoms with E-state index in [0.717, 1.165) is 5.56 Å². The molecule has 0 spiro atoms. The van der Waals surface area contributed by atoms with Crippen molar-refractivity contribution in [3.05, 3.63) is 80.8 Å². The van der Waals surface area contributed by atoms with E-state index in [9.17, 15) is 9.90 Å². The van der Waals surface area contributed by atoms with Gasteiger partial charge < -0.3 is 20.9 Å². The van der Waals surface area contributed by atoms with Crippen LogP contribution in [0.5, 0.6) is 5.75 Å². The van der Waals surface area contributed by atoms with E-state index in [-0.39, 0.29) is 5.91 Å². The van der Waals surface area contributed by atoms with Gasteiger partial charge >= 0.3 is 0 Å². The van der Waals surface area contributed by atoms with E-state index in [1.807, 2.05) is 13.8 Å². The number of nitrogens with one attached hydrogen (secondary N) is 1. The number of thiophene rings is 1. The van der Waals surface area contributed by atoms with Crippen molar-refractivity contribution in [3.63, 3.8) is 0 Å². The van der Waals surface area contributed by atoms with Crippen LogP contribution in [0.15, 0.2) is 48.5 Å². The number of halogens is 1. The molecular weight excluding hydrogens is 446 g/mol. The van der Waals surface area contributed by atoms with Crippen LogP contribution in [0.4, 0.5) is 11.4 Å². The number of carbonyl (C=O) groups excluding carboxylic acids is 1. The minimum Gasteiger partial charge on any atom is -0.497 e. The van der Waals surface area contributed by atoms with Gasteiger partial charge in [-0.2, -0.15) is 0 Å². The number of amides is 1. The van der Waals surface area contributed by atoms with E-state index in [0.29, 0.717) is 54.1 Å². The van der Waals surface area contributed by atoms with Gasteiger partial charge in [0.25, 0.3) is 5.91 Å². The standard InChI is InChI=1S/C24H22ClN3O3S/c1-12-18(25)5-4-6-19(12)28-23(30)22-20(26)17-11-16(13(2)27-24(17)32-22)21(29)14-7-9-15(31-3)10-8-14/h4-11,21,29H,26H2,1-3H3,(H,28,30). The fourth-order valence-corrected chi connectivity index (χ4v) is 4.67. The summed E-state index contributed by atoms with van der Waals surface area (Å²) in [6.07, 6.45) is -0.886. The summed E-state index contributed by atoms with van der Waals surface area (Å²) in [5.41, 5.74) is 10.1. The van der Waals surface area contributed by atoms with Crippen molar-refractivity contribution in [1.82, 2.24) is 4.98 Å². The van der Waals surface area contributed by atoms with Crippen molar-refractivity contribution in [2.45, 2.75) is 20.0 Å². The molecule has 0 fully saturated rings. The second kappa shape index (κ2) is 8.78. The smallest absolute Gasteiger partial charge is 0.267 e. The van der Waals surface area contributed by atoms with E-state index < -0.39 is 6.10 Å². The second-order valence-electron chi connectivity index (χ2n) is 7.40. The summed E-state index contributed by atoms with van der Waals surface area (Å²) in [7, 11) is 1.59. The average molecular weight is 468 g/mol. The number of nitrogens with two attached hydrogens (primary N) is 1. The molecule has 8 heteroatoms. The number of aliphatic hydroxyl groups is 1. The molecule has 4 aromatic rings. The number of anilines is 2. The summed E-state index contributed by atoms with van der Waals surface area (Å²) in [5.74, 6) is 0.379. The topological polar surface area (TPSA) is 97.5 Å². The van der Waals surface area contributed by atoms with Crippen LogP contribution >= 0.6 is 22.9 Å². The lowest BCUT2D eigenvalue weighted by Gasteiger charge is -2.14. The Morgan fingerprint density at radius 3 is 2.62 bits per heavy atom. The SMILES string of the molecule is COc1ccc(C(O)c2cc3c(N)c(C(=O)Nc4cccc(Cl)c4C)sc3nc2C)cc1. The van der Waals surface area contributed by atoms with Gasteiger partial charge in [0.1, 0.15) is 21.6 Å². The van der Waals surface area contributed by atoms with Crippen molar-refractivity contribution in [3.8, 4) is 5.75 Å². The number of benzene rings is 2. The Balaban J connectivity index is 1.69. The maximum Gasteiger partial charge on any atom is 0.267 e. The fourth-order valence-electron chi connectivity index (χ4n) is 3.48. The molecule has 1 unspecified atom stereocenters. The molecule has 32 heavy (non-hydrogen) atoms. The number of rotatable bonds is 5. The summed E-state index contributed by atoms with van der Waals surface area (Å²) in [6, 6.07) is 14.3. The fraction of sp³-hybridized carbons (Fsp3) is 0.167. The molecule has 4 rings (SSSR count). The molecule has 0 saturated heterocycles. The molecule has 0 bridgehead atoms. The molecule has 0 aliphatic rings. The van der Waals surface area contributed by atoms with Crippen LogP contribution in [-0.2, 0) is 0 Å². The lowest BCUT2D eigenvalue weighted by molar-refractivity contribution is 0.103. The zero-order chi connectivity index (χ0) is 23.0. The summed E-state index contributed by atoms with van der Waals surface area (Å²) >= 11 is 7.37. The maximum atomic E-state index is 12.9. The number of aliphatic hydroxyl groups excluding tert-OH is 1. The van der Waals surface area contributed by atoms with Gasteiger partial charge in [-0.15, -0.1) is 11.3 Å². The Morgan fingerprint density at radius 2 is 1.94 bits per heavy atom. The van der Waals surface area contributed by atoms with E-state index in [4.69, 9.17) is 22.1 Å². The van der Waals surface area contributed by atoms with Crippen molar-refractivity contribution in [2.75, 3.05) is 18.2 Å². The third-order valence-corrected chi connectivity index (χ3v) is 6.92. The molecule has 6 nitrogen and oxygen atoms in total. The minimum atomic E-state index is -0.886. The molecular formula is C24H22ClN3O3S. The van der Waals surface area contributed by atoms with Crippen molar-refractivity contribution in [1.29, 1.82) is 0 Å². The van der Waals surface area contributed by atoms with Crippen LogP contribution in [0, 0.1) is 13.8 Å². The normalized spacial score (nSPS) is 12.0. The lowest BCUT2D eigenvalue weighted by atomic mass is 9.99. The van der Waals surface area contributed by atoms with Crippen LogP contribution in [0.25, 0.3) is 10.2 Å². The summed E-state index contributed by atoms with van der Waals surface area (Å²) in [5, 5.41) is 15.0. The Bertz CT molecular complexity index is 1320. The Hall–Kier alpha value is -3.13. The minimum absolute atomic E-state index is 0.328. The summed E-state index contributed by atoms with van der Waals surface area (Å²) < 4.78 is 5.18. The number of aryl methyl sites for hydroxylation is 1. The van der Waals surface area contributed by atoms with Crippen LogP contribution in [0.3, 0.4) is 0 Å². The average Bonchev–Trinajstić information content (AvgIpc) is 3.11. The van der Waals surface area contributed by atoms with Crippen molar-refractivity contribution in [2.24, 2.45) is 0 Å². The molecule has 2 heterocycles. The van der Waals surface area contributed by atoms with Gasteiger partial charge in [-0.3, -0.25) is 4.79 Å². The van der Waals surface area contributed by atoms with Gasteiger partial charge in [0, 0.05) is 27.4 Å². The largest absolute Gasteiger partial charge is 0.497 e. The third-order valence-electron chi connectivity index (χ3n) is 5.40. The molecule has 0 aliphatic heterocycles. The molecule has 0 radical (unpaired) electrons. The van der Waals surface area contributed by atoms with E-state index in [2.05, 4.69) is 10.3 Å². The number of aromatic nitrogens is 1. The van der Waals surface area contributed by atoms with E-state index in [1.165, 1.54) is 11.3 Å². The summed E-state index contributed by atoms with van der Waals surface area (Å²) in [6.45, 7) is 3.66. The quantitative estimate of drug-likeness (QED) is 0.360. The molecule has 164 valence electrons. The Labute approximate surface area is 194 Å². The van der Waals surface area contributed by atoms with Gasteiger partial charge in [-0.25, -0.2) is 4.98 Å². The van der Waals surface area contributed by atoms with Gasteiger partial charge in [-0.1, -0.05) is 29.8 Å². The first kappa shape index (κ1) is 22.1. The van der Waals surface area contributed by atoms with Gasteiger partial charge in [0.05, 0.1) is 12.8 Å². The highest BCUT2D eigenvalue weighted by atomic mass is 35.5. The van der Waals surface area contributed by atoms with Crippen LogP contribution in [0.1, 0.15) is 38.2 Å². The van der Waals surface area contributed by atoms with E-state index >= 15 is 0 Å². The zero-order valence-electron chi connectivity index (χ0n) is 17.8. The molecule has 4 N–H and O–H groups in total. The van der Waals surface area contributed by atoms with Crippen molar-refractivity contribution >= 4 is 50.4 Å². The van der Waals surface area contributed by atoms with Crippen LogP contribution in [-0.4, -0.2) is 23.1 Å². The highest BCUT2D eigenvalue weighted by Gasteiger charge is 2.22. The number of pyridine rings is 1. The monoisotopic (exact) mass is 467 g/mol. The summed E-state index contributed by atoms with van der Waals surface area (Å²) in [4.78, 5) is 18.6. The molecule has 0 aliphatic carbocycles. The Morgan fingerprint density at radius 1 is 1.22 bits per heavy atom. The second-order valence-corrected chi connectivity index (χ2v) is 8.81. The molecule has 1 atom stereocenters. The highest BCUT2D eigenvalue weighted by Crippen LogP contribution is 2.37. The van der Waals surface area contributed by atoms with E-state index in [1.54, 1.807) is 55.6 Å². The predicted octanol–water partition coefficient (Wildman–Crippen LogP) is 5.49. The number of nitrogen functional groups attached to an aromatic ring is 1. The number of hydrogen-bond acceptors (Lipinski definition) is 6. The number of nitrogens with zero attached hydrogens (tertiary/aromatic N) is 1. The molecule has 2 aromatic carbocycles. The maximum absolute atomic E-state index is 12.9. The number of carbonyl (C=O) groups is 1. The van der Waals surface area contributed by atoms with Crippen LogP contribution in [0.2, 0.25) is 5.02 Å². The number of ether oxygens (including phenoxy) is 1. The number of methoxy groups -OCH3 is 1. The molecule has 2 aromatic heterocycles. The predicted molar refractivity (Wildman–Crippen MR) is 130 cm³/mol. The molecule has 0 saturated carbocycles. The number of hydrogen-bond donors (Lipinski definition) is 3. The third kappa shape index (κ3) is 4.02. The van der Waals surface area contributed by atoms with Gasteiger partial charge in [0.15, 0.2) is 0 Å². The highest BCUT2D eigenvalue weighted by molar-refractivity contribution is 7.21. The van der Waals surface area contributed by atoms with Crippen LogP contribution < -0.4 is 15.8 Å². The van der Waals surface area contributed by atoms with Gasteiger partial charge in [-0.05, 0) is 55.3 Å².